The number of piperazine rings is 1. The molecule has 0 aliphatic carbocycles. The van der Waals surface area contributed by atoms with E-state index in [0.29, 0.717) is 24.2 Å². The number of anilines is 2. The lowest BCUT2D eigenvalue weighted by Gasteiger charge is -2.46. The third kappa shape index (κ3) is 3.54. The summed E-state index contributed by atoms with van der Waals surface area (Å²) in [6.45, 7) is 5.99. The second-order valence-corrected chi connectivity index (χ2v) is 8.94. The minimum atomic E-state index is 0.0543. The number of hydrogen-bond acceptors (Lipinski definition) is 4. The average molecular weight is 419 g/mol. The van der Waals surface area contributed by atoms with Crippen molar-refractivity contribution >= 4 is 23.2 Å². The summed E-state index contributed by atoms with van der Waals surface area (Å²) in [5.74, 6) is 0.155. The van der Waals surface area contributed by atoms with Crippen molar-refractivity contribution in [3.8, 4) is 0 Å². The Bertz CT molecular complexity index is 1010. The smallest absolute Gasteiger partial charge is 0.257 e. The number of rotatable bonds is 2. The van der Waals surface area contributed by atoms with E-state index < -0.39 is 0 Å². The maximum absolute atomic E-state index is 13.2. The van der Waals surface area contributed by atoms with Gasteiger partial charge in [-0.25, -0.2) is 0 Å². The van der Waals surface area contributed by atoms with Gasteiger partial charge in [0.15, 0.2) is 0 Å². The Morgan fingerprint density at radius 1 is 0.968 bits per heavy atom. The summed E-state index contributed by atoms with van der Waals surface area (Å²) in [6, 6.07) is 14.1. The summed E-state index contributed by atoms with van der Waals surface area (Å²) < 4.78 is 0. The lowest BCUT2D eigenvalue weighted by Crippen LogP contribution is -2.56. The molecule has 0 bridgehead atoms. The van der Waals surface area contributed by atoms with Gasteiger partial charge in [-0.05, 0) is 62.1 Å². The number of carbonyl (C=O) groups excluding carboxylic acids is 2. The van der Waals surface area contributed by atoms with Gasteiger partial charge in [0.2, 0.25) is 0 Å². The van der Waals surface area contributed by atoms with Crippen LogP contribution < -0.4 is 9.80 Å². The third-order valence-corrected chi connectivity index (χ3v) is 6.97. The van der Waals surface area contributed by atoms with Gasteiger partial charge in [-0.15, -0.1) is 0 Å². The van der Waals surface area contributed by atoms with Gasteiger partial charge in [-0.1, -0.05) is 12.1 Å². The van der Waals surface area contributed by atoms with Crippen LogP contribution in [-0.2, 0) is 0 Å². The van der Waals surface area contributed by atoms with Crippen LogP contribution >= 0.6 is 0 Å². The first kappa shape index (κ1) is 19.9. The third-order valence-electron chi connectivity index (χ3n) is 6.97. The molecule has 0 N–H and O–H groups in total. The Balaban J connectivity index is 1.32. The van der Waals surface area contributed by atoms with Gasteiger partial charge in [0.05, 0.1) is 11.3 Å². The van der Waals surface area contributed by atoms with Gasteiger partial charge in [-0.2, -0.15) is 0 Å². The van der Waals surface area contributed by atoms with Crippen molar-refractivity contribution in [3.63, 3.8) is 0 Å². The van der Waals surface area contributed by atoms with Crippen molar-refractivity contribution in [1.29, 1.82) is 0 Å². The van der Waals surface area contributed by atoms with Crippen molar-refractivity contribution in [2.24, 2.45) is 0 Å². The van der Waals surface area contributed by atoms with E-state index in [1.807, 2.05) is 35.0 Å². The highest BCUT2D eigenvalue weighted by atomic mass is 16.2. The second-order valence-electron chi connectivity index (χ2n) is 8.94. The Kier molecular flexibility index (Phi) is 5.08. The van der Waals surface area contributed by atoms with Crippen LogP contribution in [0.4, 0.5) is 11.4 Å². The zero-order chi connectivity index (χ0) is 21.5. The molecule has 0 aromatic heterocycles. The van der Waals surface area contributed by atoms with Crippen LogP contribution in [-0.4, -0.2) is 67.6 Å². The molecule has 3 heterocycles. The summed E-state index contributed by atoms with van der Waals surface area (Å²) in [5, 5.41) is 0. The van der Waals surface area contributed by atoms with E-state index in [2.05, 4.69) is 41.0 Å². The molecular weight excluding hydrogens is 388 g/mol. The SMILES string of the molecule is Cc1cccc(N2CCN(C(=O)c3ccc4c(c3)N(C)C3CCCCN3C4=O)CC2)c1. The first-order chi connectivity index (χ1) is 15.0. The van der Waals surface area contributed by atoms with Crippen LogP contribution in [0.15, 0.2) is 42.5 Å². The average Bonchev–Trinajstić information content (AvgIpc) is 2.82. The quantitative estimate of drug-likeness (QED) is 0.750. The molecular formula is C25H30N4O2. The molecule has 2 amide bonds. The molecule has 1 unspecified atom stereocenters. The van der Waals surface area contributed by atoms with E-state index >= 15 is 0 Å². The first-order valence-electron chi connectivity index (χ1n) is 11.3. The number of aryl methyl sites for hydroxylation is 1. The van der Waals surface area contributed by atoms with E-state index in [4.69, 9.17) is 0 Å². The van der Waals surface area contributed by atoms with Gasteiger partial charge in [0.1, 0.15) is 6.17 Å². The van der Waals surface area contributed by atoms with Crippen LogP contribution in [0, 0.1) is 6.92 Å². The summed E-state index contributed by atoms with van der Waals surface area (Å²) in [6.07, 6.45) is 3.30. The number of hydrogen-bond donors (Lipinski definition) is 0. The molecule has 0 spiro atoms. The van der Waals surface area contributed by atoms with E-state index in [0.717, 1.165) is 44.6 Å². The predicted octanol–water partition coefficient (Wildman–Crippen LogP) is 3.36. The van der Waals surface area contributed by atoms with Gasteiger partial charge in [0, 0.05) is 51.0 Å². The van der Waals surface area contributed by atoms with Crippen LogP contribution in [0.3, 0.4) is 0 Å². The molecule has 2 fully saturated rings. The maximum atomic E-state index is 13.2. The number of benzene rings is 2. The summed E-state index contributed by atoms with van der Waals surface area (Å²) in [4.78, 5) is 34.7. The molecule has 1 atom stereocenters. The fraction of sp³-hybridized carbons (Fsp3) is 0.440. The van der Waals surface area contributed by atoms with Crippen molar-refractivity contribution in [1.82, 2.24) is 9.80 Å². The maximum Gasteiger partial charge on any atom is 0.257 e. The summed E-state index contributed by atoms with van der Waals surface area (Å²) in [7, 11) is 2.04. The second kappa shape index (κ2) is 7.91. The molecule has 3 aliphatic rings. The molecule has 2 aromatic carbocycles. The number of piperidine rings is 1. The molecule has 5 rings (SSSR count). The highest BCUT2D eigenvalue weighted by molar-refractivity contribution is 6.04. The number of amides is 2. The molecule has 31 heavy (non-hydrogen) atoms. The Morgan fingerprint density at radius 2 is 1.77 bits per heavy atom. The van der Waals surface area contributed by atoms with Crippen molar-refractivity contribution in [2.45, 2.75) is 32.4 Å². The molecule has 162 valence electrons. The standard InChI is InChI=1S/C25H30N4O2/c1-18-6-5-7-20(16-18)27-12-14-28(15-13-27)24(30)19-9-10-21-22(17-19)26(2)23-8-3-4-11-29(23)25(21)31/h5-7,9-10,16-17,23H,3-4,8,11-15H2,1-2H3. The normalized spacial score (nSPS) is 21.1. The monoisotopic (exact) mass is 418 g/mol. The van der Waals surface area contributed by atoms with E-state index in [-0.39, 0.29) is 18.0 Å². The molecule has 2 aromatic rings. The Morgan fingerprint density at radius 3 is 2.55 bits per heavy atom. The molecule has 6 nitrogen and oxygen atoms in total. The lowest BCUT2D eigenvalue weighted by molar-refractivity contribution is 0.0588. The van der Waals surface area contributed by atoms with Crippen molar-refractivity contribution in [3.05, 3.63) is 59.2 Å². The fourth-order valence-corrected chi connectivity index (χ4v) is 5.18. The van der Waals surface area contributed by atoms with Crippen LogP contribution in [0.2, 0.25) is 0 Å². The van der Waals surface area contributed by atoms with Gasteiger partial charge in [0.25, 0.3) is 11.8 Å². The Labute approximate surface area is 184 Å². The zero-order valence-electron chi connectivity index (χ0n) is 18.4. The first-order valence-corrected chi connectivity index (χ1v) is 11.3. The van der Waals surface area contributed by atoms with Gasteiger partial charge < -0.3 is 19.6 Å². The predicted molar refractivity (Wildman–Crippen MR) is 123 cm³/mol. The lowest BCUT2D eigenvalue weighted by atomic mass is 9.97. The largest absolute Gasteiger partial charge is 0.368 e. The molecule has 6 heteroatoms. The molecule has 2 saturated heterocycles. The molecule has 3 aliphatic heterocycles. The topological polar surface area (TPSA) is 47.1 Å². The fourth-order valence-electron chi connectivity index (χ4n) is 5.18. The van der Waals surface area contributed by atoms with E-state index in [1.54, 1.807) is 0 Å². The summed E-state index contributed by atoms with van der Waals surface area (Å²) >= 11 is 0. The van der Waals surface area contributed by atoms with Crippen molar-refractivity contribution in [2.75, 3.05) is 49.6 Å². The Hall–Kier alpha value is -3.02. The number of nitrogens with zero attached hydrogens (tertiary/aromatic N) is 4. The van der Waals surface area contributed by atoms with Gasteiger partial charge >= 0.3 is 0 Å². The van der Waals surface area contributed by atoms with E-state index in [1.165, 1.54) is 11.3 Å². The summed E-state index contributed by atoms with van der Waals surface area (Å²) in [5.41, 5.74) is 4.74. The highest BCUT2D eigenvalue weighted by Crippen LogP contribution is 2.35. The van der Waals surface area contributed by atoms with Crippen LogP contribution in [0.25, 0.3) is 0 Å². The highest BCUT2D eigenvalue weighted by Gasteiger charge is 2.37. The van der Waals surface area contributed by atoms with E-state index in [9.17, 15) is 9.59 Å². The zero-order valence-corrected chi connectivity index (χ0v) is 18.4. The van der Waals surface area contributed by atoms with Crippen molar-refractivity contribution < 1.29 is 9.59 Å². The molecule has 0 radical (unpaired) electrons. The van der Waals surface area contributed by atoms with Gasteiger partial charge in [-0.3, -0.25) is 9.59 Å². The van der Waals surface area contributed by atoms with Crippen LogP contribution in [0.5, 0.6) is 0 Å². The minimum Gasteiger partial charge on any atom is -0.368 e. The number of carbonyl (C=O) groups is 2. The minimum absolute atomic E-state index is 0.0543. The number of fused-ring (bicyclic) bond motifs is 2. The van der Waals surface area contributed by atoms with Crippen LogP contribution in [0.1, 0.15) is 45.5 Å². The molecule has 0 saturated carbocycles.